The quantitative estimate of drug-likeness (QED) is 0.416. The van der Waals surface area contributed by atoms with E-state index in [0.717, 1.165) is 50.5 Å². The highest BCUT2D eigenvalue weighted by Crippen LogP contribution is 2.74. The molecule has 222 valence electrons. The summed E-state index contributed by atoms with van der Waals surface area (Å²) in [5.41, 5.74) is 4.25. The van der Waals surface area contributed by atoms with E-state index in [4.69, 9.17) is 0 Å². The van der Waals surface area contributed by atoms with E-state index in [1.807, 2.05) is 26.0 Å². The number of ketones is 2. The highest BCUT2D eigenvalue weighted by Gasteiger charge is 2.69. The number of nitrogens with one attached hydrogen (secondary N) is 2. The molecule has 0 unspecified atom stereocenters. The Kier molecular flexibility index (Phi) is 6.62. The number of Topliss-reactive ketones (excluding diaryl/α,β-unsaturated/α-hetero) is 1. The summed E-state index contributed by atoms with van der Waals surface area (Å²) < 4.78 is 0. The lowest BCUT2D eigenvalue weighted by Crippen LogP contribution is -2.65. The molecular weight excluding hydrogens is 514 g/mol. The molecule has 0 saturated heterocycles. The van der Waals surface area contributed by atoms with Crippen molar-refractivity contribution in [2.75, 3.05) is 0 Å². The van der Waals surface area contributed by atoms with Gasteiger partial charge in [0.2, 0.25) is 11.8 Å². The van der Waals surface area contributed by atoms with Gasteiger partial charge in [-0.05, 0) is 84.5 Å². The Hall–Kier alpha value is -2.75. The van der Waals surface area contributed by atoms with E-state index >= 15 is 0 Å². The smallest absolute Gasteiger partial charge is 0.238 e. The van der Waals surface area contributed by atoms with Crippen LogP contribution in [0.5, 0.6) is 0 Å². The predicted molar refractivity (Wildman–Crippen MR) is 155 cm³/mol. The number of amides is 2. The van der Waals surface area contributed by atoms with Gasteiger partial charge in [0.1, 0.15) is 6.07 Å². The lowest BCUT2D eigenvalue weighted by Gasteiger charge is -2.69. The molecule has 0 spiro atoms. The molecule has 41 heavy (non-hydrogen) atoms. The van der Waals surface area contributed by atoms with Gasteiger partial charge in [0.15, 0.2) is 11.6 Å². The molecule has 0 radical (unpaired) electrons. The summed E-state index contributed by atoms with van der Waals surface area (Å²) in [5.74, 6) is -0.617. The van der Waals surface area contributed by atoms with Gasteiger partial charge in [0, 0.05) is 30.1 Å². The lowest BCUT2D eigenvalue weighted by molar-refractivity contribution is -0.174. The molecule has 0 aromatic rings. The van der Waals surface area contributed by atoms with Crippen LogP contribution in [0.15, 0.2) is 23.3 Å². The van der Waals surface area contributed by atoms with Crippen LogP contribution < -0.4 is 10.9 Å². The molecule has 5 aliphatic carbocycles. The zero-order valence-electron chi connectivity index (χ0n) is 26.1. The van der Waals surface area contributed by atoms with Crippen molar-refractivity contribution in [1.29, 1.82) is 5.26 Å². The number of fused-ring (bicyclic) bond motifs is 7. The Morgan fingerprint density at radius 2 is 1.63 bits per heavy atom. The molecule has 7 heteroatoms. The number of nitriles is 1. The minimum Gasteiger partial charge on any atom is -0.295 e. The van der Waals surface area contributed by atoms with Crippen molar-refractivity contribution in [1.82, 2.24) is 10.9 Å². The number of hydrogen-bond acceptors (Lipinski definition) is 5. The zero-order chi connectivity index (χ0) is 30.4. The largest absolute Gasteiger partial charge is 0.295 e. The van der Waals surface area contributed by atoms with Crippen LogP contribution >= 0.6 is 0 Å². The molecule has 2 amide bonds. The molecule has 5 rings (SSSR count). The maximum atomic E-state index is 14.5. The van der Waals surface area contributed by atoms with E-state index in [1.54, 1.807) is 0 Å². The normalized spacial score (nSPS) is 42.2. The highest BCUT2D eigenvalue weighted by atomic mass is 16.2. The minimum atomic E-state index is -0.687. The lowest BCUT2D eigenvalue weighted by atomic mass is 9.34. The van der Waals surface area contributed by atoms with E-state index < -0.39 is 10.8 Å². The summed E-state index contributed by atoms with van der Waals surface area (Å²) in [6.45, 7) is 16.6. The number of allylic oxidation sites excluding steroid dienone is 4. The molecule has 0 bridgehead atoms. The second-order valence-electron chi connectivity index (χ2n) is 16.0. The van der Waals surface area contributed by atoms with Crippen LogP contribution in [0.25, 0.3) is 0 Å². The van der Waals surface area contributed by atoms with E-state index in [9.17, 15) is 24.4 Å². The van der Waals surface area contributed by atoms with E-state index in [0.29, 0.717) is 6.42 Å². The van der Waals surface area contributed by atoms with Gasteiger partial charge in [-0.25, -0.2) is 0 Å². The first-order valence-corrected chi connectivity index (χ1v) is 15.4. The highest BCUT2D eigenvalue weighted by molar-refractivity contribution is 6.04. The molecule has 0 heterocycles. The Labute approximate surface area is 244 Å². The maximum Gasteiger partial charge on any atom is 0.238 e. The first kappa shape index (κ1) is 29.7. The van der Waals surface area contributed by atoms with Gasteiger partial charge in [-0.3, -0.25) is 30.0 Å². The standard InChI is InChI=1S/C34H47N3O4/c1-20(38)36-37-26(40)18-34-13-11-29(2,3)17-22(34)27-23(39)15-25-31(6)16-21(19-35)28(41)30(4,5)24(31)9-10-32(25,7)33(27,8)12-14-34/h15-16,22,24,27H,9-14,17-18H2,1-8H3,(H,36,38)(H,37,40)/t22-,24-,27-,31-,32+,33+,34+/m0/s1. The van der Waals surface area contributed by atoms with Crippen LogP contribution in [0.4, 0.5) is 0 Å². The molecule has 0 aromatic carbocycles. The van der Waals surface area contributed by atoms with Crippen molar-refractivity contribution in [3.8, 4) is 6.07 Å². The molecule has 2 N–H and O–H groups in total. The van der Waals surface area contributed by atoms with Crippen molar-refractivity contribution in [3.63, 3.8) is 0 Å². The van der Waals surface area contributed by atoms with Crippen LogP contribution in [-0.4, -0.2) is 23.4 Å². The van der Waals surface area contributed by atoms with Crippen molar-refractivity contribution in [3.05, 3.63) is 23.3 Å². The molecule has 5 aliphatic rings. The molecule has 3 saturated carbocycles. The third-order valence-electron chi connectivity index (χ3n) is 12.9. The average Bonchev–Trinajstić information content (AvgIpc) is 2.87. The van der Waals surface area contributed by atoms with Crippen LogP contribution in [0.2, 0.25) is 0 Å². The van der Waals surface area contributed by atoms with E-state index in [1.165, 1.54) is 6.92 Å². The fourth-order valence-corrected chi connectivity index (χ4v) is 10.6. The molecule has 7 atom stereocenters. The third kappa shape index (κ3) is 4.10. The average molecular weight is 562 g/mol. The van der Waals surface area contributed by atoms with Gasteiger partial charge in [-0.2, -0.15) is 5.26 Å². The van der Waals surface area contributed by atoms with Crippen molar-refractivity contribution in [2.45, 2.75) is 107 Å². The van der Waals surface area contributed by atoms with Crippen LogP contribution in [0.1, 0.15) is 107 Å². The molecule has 3 fully saturated rings. The minimum absolute atomic E-state index is 0.0145. The summed E-state index contributed by atoms with van der Waals surface area (Å²) in [5, 5.41) is 9.91. The number of nitrogens with zero attached hydrogens (tertiary/aromatic N) is 1. The van der Waals surface area contributed by atoms with E-state index in [-0.39, 0.29) is 68.4 Å². The second kappa shape index (κ2) is 9.12. The topological polar surface area (TPSA) is 116 Å². The Bertz CT molecular complexity index is 1330. The zero-order valence-corrected chi connectivity index (χ0v) is 26.1. The Balaban J connectivity index is 1.62. The first-order valence-electron chi connectivity index (χ1n) is 15.4. The van der Waals surface area contributed by atoms with Crippen LogP contribution in [-0.2, 0) is 19.2 Å². The van der Waals surface area contributed by atoms with Gasteiger partial charge >= 0.3 is 0 Å². The summed E-state index contributed by atoms with van der Waals surface area (Å²) in [4.78, 5) is 52.4. The predicted octanol–water partition coefficient (Wildman–Crippen LogP) is 5.76. The van der Waals surface area contributed by atoms with Crippen molar-refractivity contribution in [2.24, 2.45) is 50.2 Å². The third-order valence-corrected chi connectivity index (χ3v) is 12.9. The van der Waals surface area contributed by atoms with Crippen LogP contribution in [0.3, 0.4) is 0 Å². The van der Waals surface area contributed by atoms with Gasteiger partial charge in [-0.15, -0.1) is 0 Å². The number of carbonyl (C=O) groups excluding carboxylic acids is 4. The van der Waals surface area contributed by atoms with Gasteiger partial charge in [0.25, 0.3) is 0 Å². The van der Waals surface area contributed by atoms with Crippen molar-refractivity contribution >= 4 is 23.4 Å². The maximum absolute atomic E-state index is 14.5. The molecule has 7 nitrogen and oxygen atoms in total. The van der Waals surface area contributed by atoms with Gasteiger partial charge in [0.05, 0.1) is 5.57 Å². The van der Waals surface area contributed by atoms with Crippen LogP contribution in [0, 0.1) is 61.6 Å². The monoisotopic (exact) mass is 561 g/mol. The number of carbonyl (C=O) groups is 4. The van der Waals surface area contributed by atoms with Gasteiger partial charge in [-0.1, -0.05) is 60.1 Å². The fourth-order valence-electron chi connectivity index (χ4n) is 10.6. The van der Waals surface area contributed by atoms with Crippen molar-refractivity contribution < 1.29 is 19.2 Å². The summed E-state index contributed by atoms with van der Waals surface area (Å²) in [7, 11) is 0. The molecular formula is C34H47N3O4. The SMILES string of the molecule is CC(=O)NNC(=O)C[C@]12CCC(C)(C)C[C@H]1[C@H]1C(=O)C=C3[C@@]4(C)C=C(C#N)C(=O)C(C)(C)[C@@H]4CC[C@@]3(C)[C@]1(C)CC2. The molecule has 0 aromatic heterocycles. The second-order valence-corrected chi connectivity index (χ2v) is 16.0. The summed E-state index contributed by atoms with van der Waals surface area (Å²) in [6.07, 6.45) is 10.3. The molecule has 0 aliphatic heterocycles. The summed E-state index contributed by atoms with van der Waals surface area (Å²) >= 11 is 0. The Morgan fingerprint density at radius 1 is 0.976 bits per heavy atom. The summed E-state index contributed by atoms with van der Waals surface area (Å²) in [6, 6.07) is 2.17. The number of hydrogen-bond donors (Lipinski definition) is 2. The first-order chi connectivity index (χ1) is 18.9. The Morgan fingerprint density at radius 3 is 2.27 bits per heavy atom. The van der Waals surface area contributed by atoms with E-state index in [2.05, 4.69) is 51.5 Å². The number of rotatable bonds is 2. The fraction of sp³-hybridized carbons (Fsp3) is 0.735. The number of hydrazine groups is 1. The van der Waals surface area contributed by atoms with Gasteiger partial charge < -0.3 is 0 Å².